The van der Waals surface area contributed by atoms with E-state index in [9.17, 15) is 14.7 Å². The molecule has 0 bridgehead atoms. The number of carbonyl (C=O) groups excluding carboxylic acids is 2. The number of unbranched alkanes of at least 4 members (excludes halogenated alkanes) is 1. The van der Waals surface area contributed by atoms with Crippen molar-refractivity contribution in [2.75, 3.05) is 27.3 Å². The van der Waals surface area contributed by atoms with Crippen LogP contribution in [0, 0.1) is 5.92 Å². The largest absolute Gasteiger partial charge is 0.497 e. The number of nitrogens with zero attached hydrogens (tertiary/aromatic N) is 1. The van der Waals surface area contributed by atoms with Gasteiger partial charge in [0.05, 0.1) is 19.3 Å². The summed E-state index contributed by atoms with van der Waals surface area (Å²) in [6.45, 7) is 5.04. The van der Waals surface area contributed by atoms with Crippen LogP contribution in [0.4, 0.5) is 0 Å². The van der Waals surface area contributed by atoms with E-state index in [4.69, 9.17) is 9.47 Å². The average molecular weight is 552 g/mol. The number of aliphatic hydroxyl groups excluding tert-OH is 1. The van der Waals surface area contributed by atoms with Gasteiger partial charge in [-0.15, -0.1) is 0 Å². The molecular formula is C32H45N3O5. The SMILES string of the molecule is CCCC[C@H](C)C(=O)N(C)[C@H]1C/C=C\COc2ccc(OC)cc2CNC[C@@H](O)[C@H](Cc2ccccc2)NC1=O. The van der Waals surface area contributed by atoms with Crippen LogP contribution in [-0.4, -0.2) is 67.3 Å². The van der Waals surface area contributed by atoms with Gasteiger partial charge in [0, 0.05) is 31.6 Å². The second kappa shape index (κ2) is 16.0. The number of hydrogen-bond acceptors (Lipinski definition) is 6. The number of fused-ring (bicyclic) bond motifs is 1. The van der Waals surface area contributed by atoms with Crippen LogP contribution >= 0.6 is 0 Å². The molecule has 3 rings (SSSR count). The van der Waals surface area contributed by atoms with Crippen LogP contribution in [0.15, 0.2) is 60.7 Å². The molecule has 40 heavy (non-hydrogen) atoms. The van der Waals surface area contributed by atoms with Crippen molar-refractivity contribution in [3.05, 3.63) is 71.8 Å². The molecule has 3 N–H and O–H groups in total. The van der Waals surface area contributed by atoms with Crippen molar-refractivity contribution in [2.24, 2.45) is 5.92 Å². The normalized spacial score (nSPS) is 21.9. The number of benzene rings is 2. The number of likely N-dealkylation sites (N-methyl/N-ethyl adjacent to an activating group) is 1. The number of aliphatic hydroxyl groups is 1. The van der Waals surface area contributed by atoms with Crippen LogP contribution in [0.1, 0.15) is 50.7 Å². The van der Waals surface area contributed by atoms with Crippen molar-refractivity contribution >= 4 is 11.8 Å². The standard InChI is InChI=1S/C32H45N3O5/c1-5-6-12-23(2)32(38)35(3)28-15-10-11-18-40-30-17-16-26(39-4)20-25(30)21-33-22-29(36)27(34-31(28)37)19-24-13-8-7-9-14-24/h7-11,13-14,16-17,20,23,27-29,33,36H,5-6,12,15,18-19,21-22H2,1-4H3,(H,34,37)/b11-10-/t23-,27-,28-,29+/m0/s1. The first-order chi connectivity index (χ1) is 19.3. The van der Waals surface area contributed by atoms with Crippen molar-refractivity contribution < 1.29 is 24.2 Å². The van der Waals surface area contributed by atoms with Crippen LogP contribution in [0.25, 0.3) is 0 Å². The Balaban J connectivity index is 1.89. The molecule has 4 atom stereocenters. The van der Waals surface area contributed by atoms with E-state index in [1.165, 1.54) is 0 Å². The molecule has 8 nitrogen and oxygen atoms in total. The van der Waals surface area contributed by atoms with Crippen LogP contribution in [-0.2, 0) is 22.6 Å². The van der Waals surface area contributed by atoms with E-state index in [1.807, 2.05) is 67.6 Å². The summed E-state index contributed by atoms with van der Waals surface area (Å²) in [6, 6.07) is 14.1. The van der Waals surface area contributed by atoms with Gasteiger partial charge >= 0.3 is 0 Å². The fourth-order valence-corrected chi connectivity index (χ4v) is 4.90. The summed E-state index contributed by atoms with van der Waals surface area (Å²) in [6.07, 6.45) is 6.42. The zero-order valence-electron chi connectivity index (χ0n) is 24.3. The maximum atomic E-state index is 13.7. The monoisotopic (exact) mass is 551 g/mol. The smallest absolute Gasteiger partial charge is 0.243 e. The van der Waals surface area contributed by atoms with E-state index < -0.39 is 18.2 Å². The first-order valence-corrected chi connectivity index (χ1v) is 14.3. The van der Waals surface area contributed by atoms with Gasteiger partial charge in [-0.25, -0.2) is 0 Å². The highest BCUT2D eigenvalue weighted by molar-refractivity contribution is 5.88. The minimum absolute atomic E-state index is 0.0548. The molecule has 218 valence electrons. The number of β-amino-alcohol motifs (C(OH)–C–C–N with tert-alkyl or cyclic N) is 1. The van der Waals surface area contributed by atoms with Gasteiger partial charge in [-0.1, -0.05) is 69.2 Å². The molecule has 0 radical (unpaired) electrons. The van der Waals surface area contributed by atoms with E-state index in [0.29, 0.717) is 31.7 Å². The molecule has 0 aliphatic carbocycles. The number of rotatable bonds is 8. The minimum Gasteiger partial charge on any atom is -0.497 e. The molecule has 0 saturated carbocycles. The molecule has 2 aromatic carbocycles. The number of carbonyl (C=O) groups is 2. The van der Waals surface area contributed by atoms with E-state index in [0.717, 1.165) is 36.1 Å². The van der Waals surface area contributed by atoms with Crippen LogP contribution in [0.5, 0.6) is 11.5 Å². The van der Waals surface area contributed by atoms with Gasteiger partial charge in [0.25, 0.3) is 0 Å². The van der Waals surface area contributed by atoms with Crippen LogP contribution < -0.4 is 20.1 Å². The summed E-state index contributed by atoms with van der Waals surface area (Å²) in [7, 11) is 3.32. The van der Waals surface area contributed by atoms with Gasteiger partial charge in [0.1, 0.15) is 24.1 Å². The van der Waals surface area contributed by atoms with Crippen LogP contribution in [0.3, 0.4) is 0 Å². The predicted molar refractivity (Wildman–Crippen MR) is 157 cm³/mol. The zero-order chi connectivity index (χ0) is 28.9. The topological polar surface area (TPSA) is 100 Å². The summed E-state index contributed by atoms with van der Waals surface area (Å²) < 4.78 is 11.4. The highest BCUT2D eigenvalue weighted by Gasteiger charge is 2.31. The number of amides is 2. The molecule has 1 aliphatic heterocycles. The maximum Gasteiger partial charge on any atom is 0.243 e. The Morgan fingerprint density at radius 1 is 1.20 bits per heavy atom. The predicted octanol–water partition coefficient (Wildman–Crippen LogP) is 3.87. The molecule has 2 aromatic rings. The van der Waals surface area contributed by atoms with Gasteiger partial charge in [0.2, 0.25) is 11.8 Å². The quantitative estimate of drug-likeness (QED) is 0.431. The molecule has 0 saturated heterocycles. The fraction of sp³-hybridized carbons (Fsp3) is 0.500. The Kier molecular flexibility index (Phi) is 12.5. The molecule has 8 heteroatoms. The summed E-state index contributed by atoms with van der Waals surface area (Å²) in [4.78, 5) is 28.5. The molecule has 1 aliphatic rings. The summed E-state index contributed by atoms with van der Waals surface area (Å²) in [5.74, 6) is 0.917. The lowest BCUT2D eigenvalue weighted by Crippen LogP contribution is -2.55. The lowest BCUT2D eigenvalue weighted by atomic mass is 9.99. The Morgan fingerprint density at radius 3 is 2.70 bits per heavy atom. The number of nitrogens with one attached hydrogen (secondary N) is 2. The summed E-state index contributed by atoms with van der Waals surface area (Å²) in [5, 5.41) is 17.6. The number of ether oxygens (including phenoxy) is 2. The van der Waals surface area contributed by atoms with Gasteiger partial charge in [-0.05, 0) is 43.0 Å². The molecule has 0 aromatic heterocycles. The molecule has 0 spiro atoms. The fourth-order valence-electron chi connectivity index (χ4n) is 4.90. The van der Waals surface area contributed by atoms with Gasteiger partial charge in [0.15, 0.2) is 0 Å². The third-order valence-electron chi connectivity index (χ3n) is 7.42. The van der Waals surface area contributed by atoms with E-state index >= 15 is 0 Å². The summed E-state index contributed by atoms with van der Waals surface area (Å²) in [5.41, 5.74) is 1.91. The zero-order valence-corrected chi connectivity index (χ0v) is 24.3. The van der Waals surface area contributed by atoms with Crippen molar-refractivity contribution in [1.82, 2.24) is 15.5 Å². The van der Waals surface area contributed by atoms with E-state index in [2.05, 4.69) is 17.6 Å². The first kappa shape index (κ1) is 31.2. The highest BCUT2D eigenvalue weighted by Crippen LogP contribution is 2.24. The third kappa shape index (κ3) is 9.10. The second-order valence-electron chi connectivity index (χ2n) is 10.5. The van der Waals surface area contributed by atoms with Crippen molar-refractivity contribution in [1.29, 1.82) is 0 Å². The molecule has 0 fully saturated rings. The second-order valence-corrected chi connectivity index (χ2v) is 10.5. The maximum absolute atomic E-state index is 13.7. The Morgan fingerprint density at radius 2 is 1.98 bits per heavy atom. The van der Waals surface area contributed by atoms with E-state index in [1.54, 1.807) is 19.1 Å². The highest BCUT2D eigenvalue weighted by atomic mass is 16.5. The lowest BCUT2D eigenvalue weighted by molar-refractivity contribution is -0.142. The van der Waals surface area contributed by atoms with Crippen molar-refractivity contribution in [2.45, 2.75) is 70.7 Å². The first-order valence-electron chi connectivity index (χ1n) is 14.3. The van der Waals surface area contributed by atoms with Gasteiger partial charge < -0.3 is 30.1 Å². The minimum atomic E-state index is -0.870. The lowest BCUT2D eigenvalue weighted by Gasteiger charge is -2.32. The third-order valence-corrected chi connectivity index (χ3v) is 7.42. The number of methoxy groups -OCH3 is 1. The van der Waals surface area contributed by atoms with Gasteiger partial charge in [-0.3, -0.25) is 9.59 Å². The Labute approximate surface area is 238 Å². The summed E-state index contributed by atoms with van der Waals surface area (Å²) >= 11 is 0. The Bertz CT molecular complexity index is 1110. The van der Waals surface area contributed by atoms with Crippen LogP contribution in [0.2, 0.25) is 0 Å². The van der Waals surface area contributed by atoms with Crippen molar-refractivity contribution in [3.8, 4) is 11.5 Å². The van der Waals surface area contributed by atoms with E-state index in [-0.39, 0.29) is 24.3 Å². The molecule has 0 unspecified atom stereocenters. The number of hydrogen-bond donors (Lipinski definition) is 3. The molecule has 1 heterocycles. The molecule has 2 amide bonds. The average Bonchev–Trinajstić information content (AvgIpc) is 2.97. The Hall–Kier alpha value is -3.36. The van der Waals surface area contributed by atoms with Crippen molar-refractivity contribution in [3.63, 3.8) is 0 Å². The van der Waals surface area contributed by atoms with Gasteiger partial charge in [-0.2, -0.15) is 0 Å². The molecular weight excluding hydrogens is 506 g/mol.